The summed E-state index contributed by atoms with van der Waals surface area (Å²) < 4.78 is 0. The van der Waals surface area contributed by atoms with Crippen LogP contribution in [-0.2, 0) is 0 Å². The minimum absolute atomic E-state index is 0.245. The van der Waals surface area contributed by atoms with Crippen molar-refractivity contribution in [2.24, 2.45) is 11.8 Å². The second-order valence-electron chi connectivity index (χ2n) is 6.42. The van der Waals surface area contributed by atoms with Crippen LogP contribution in [0.15, 0.2) is 24.3 Å². The predicted octanol–water partition coefficient (Wildman–Crippen LogP) is 4.42. The molecule has 3 atom stereocenters. The Balaban J connectivity index is 1.68. The van der Waals surface area contributed by atoms with E-state index in [0.29, 0.717) is 5.92 Å². The molecule has 0 spiro atoms. The fourth-order valence-corrected chi connectivity index (χ4v) is 3.52. The van der Waals surface area contributed by atoms with E-state index in [1.165, 1.54) is 44.1 Å². The zero-order valence-corrected chi connectivity index (χ0v) is 11.3. The Hall–Kier alpha value is -0.820. The third-order valence-corrected chi connectivity index (χ3v) is 5.04. The van der Waals surface area contributed by atoms with Crippen molar-refractivity contribution in [2.75, 3.05) is 0 Å². The minimum Gasteiger partial charge on any atom is -0.388 e. The van der Waals surface area contributed by atoms with Crippen molar-refractivity contribution in [3.8, 4) is 0 Å². The Labute approximate surface area is 110 Å². The van der Waals surface area contributed by atoms with Gasteiger partial charge in [-0.15, -0.1) is 0 Å². The third-order valence-electron chi connectivity index (χ3n) is 5.04. The van der Waals surface area contributed by atoms with Crippen LogP contribution in [0.4, 0.5) is 0 Å². The van der Waals surface area contributed by atoms with Gasteiger partial charge < -0.3 is 5.11 Å². The van der Waals surface area contributed by atoms with Gasteiger partial charge in [0.1, 0.15) is 0 Å². The Morgan fingerprint density at radius 3 is 2.28 bits per heavy atom. The lowest BCUT2D eigenvalue weighted by molar-refractivity contribution is 0.109. The van der Waals surface area contributed by atoms with Crippen LogP contribution in [-0.4, -0.2) is 5.11 Å². The molecule has 1 N–H and O–H groups in total. The van der Waals surface area contributed by atoms with Crippen molar-refractivity contribution >= 4 is 0 Å². The first-order valence-corrected chi connectivity index (χ1v) is 7.52. The van der Waals surface area contributed by atoms with Gasteiger partial charge in [0.15, 0.2) is 0 Å². The molecule has 0 amide bonds. The summed E-state index contributed by atoms with van der Waals surface area (Å²) in [5.74, 6) is 2.07. The molecule has 98 valence electrons. The molecule has 1 heteroatoms. The quantitative estimate of drug-likeness (QED) is 0.834. The summed E-state index contributed by atoms with van der Waals surface area (Å²) in [4.78, 5) is 0. The summed E-state index contributed by atoms with van der Waals surface area (Å²) in [7, 11) is 0. The molecule has 2 aliphatic carbocycles. The van der Waals surface area contributed by atoms with Crippen molar-refractivity contribution in [3.05, 3.63) is 35.4 Å². The molecule has 2 aliphatic rings. The van der Waals surface area contributed by atoms with E-state index >= 15 is 0 Å². The van der Waals surface area contributed by atoms with Gasteiger partial charge in [-0.1, -0.05) is 44.0 Å². The highest BCUT2D eigenvalue weighted by atomic mass is 16.3. The van der Waals surface area contributed by atoms with Gasteiger partial charge in [-0.05, 0) is 54.6 Å². The molecule has 0 aliphatic heterocycles. The summed E-state index contributed by atoms with van der Waals surface area (Å²) in [5.41, 5.74) is 2.59. The summed E-state index contributed by atoms with van der Waals surface area (Å²) in [5, 5.41) is 10.4. The highest BCUT2D eigenvalue weighted by Gasteiger charge is 2.28. The normalized spacial score (nSPS) is 30.1. The lowest BCUT2D eigenvalue weighted by Crippen LogP contribution is -2.11. The van der Waals surface area contributed by atoms with Gasteiger partial charge in [-0.3, -0.25) is 0 Å². The summed E-state index contributed by atoms with van der Waals surface area (Å²) in [6.45, 7) is 2.30. The van der Waals surface area contributed by atoms with Crippen molar-refractivity contribution in [1.82, 2.24) is 0 Å². The van der Waals surface area contributed by atoms with Gasteiger partial charge in [0, 0.05) is 0 Å². The third kappa shape index (κ3) is 2.33. The van der Waals surface area contributed by atoms with E-state index in [2.05, 4.69) is 31.2 Å². The van der Waals surface area contributed by atoms with Crippen LogP contribution in [0.3, 0.4) is 0 Å². The number of rotatable bonds is 3. The van der Waals surface area contributed by atoms with E-state index in [-0.39, 0.29) is 6.10 Å². The molecular weight excluding hydrogens is 220 g/mol. The SMILES string of the molecule is CC1CCC(C(O)c2ccc(C3CCC3)cc2)C1. The van der Waals surface area contributed by atoms with E-state index in [1.54, 1.807) is 0 Å². The van der Waals surface area contributed by atoms with Crippen molar-refractivity contribution in [2.45, 2.75) is 57.5 Å². The first kappa shape index (κ1) is 12.2. The molecule has 1 aromatic rings. The smallest absolute Gasteiger partial charge is 0.0818 e. The van der Waals surface area contributed by atoms with E-state index < -0.39 is 0 Å². The molecule has 0 bridgehead atoms. The molecule has 1 aromatic carbocycles. The number of aliphatic hydroxyl groups is 1. The van der Waals surface area contributed by atoms with Crippen LogP contribution in [0, 0.1) is 11.8 Å². The van der Waals surface area contributed by atoms with Crippen molar-refractivity contribution in [1.29, 1.82) is 0 Å². The second kappa shape index (κ2) is 5.05. The maximum Gasteiger partial charge on any atom is 0.0818 e. The van der Waals surface area contributed by atoms with E-state index in [9.17, 15) is 5.11 Å². The minimum atomic E-state index is -0.245. The van der Waals surface area contributed by atoms with Crippen molar-refractivity contribution in [3.63, 3.8) is 0 Å². The first-order chi connectivity index (χ1) is 8.74. The van der Waals surface area contributed by atoms with Gasteiger partial charge in [-0.25, -0.2) is 0 Å². The van der Waals surface area contributed by atoms with Crippen LogP contribution in [0.25, 0.3) is 0 Å². The second-order valence-corrected chi connectivity index (χ2v) is 6.42. The standard InChI is InChI=1S/C17H24O/c1-12-5-6-16(11-12)17(18)15-9-7-14(8-10-15)13-3-2-4-13/h7-10,12-13,16-18H,2-6,11H2,1H3. The lowest BCUT2D eigenvalue weighted by Gasteiger charge is -2.26. The predicted molar refractivity (Wildman–Crippen MR) is 74.5 cm³/mol. The highest BCUT2D eigenvalue weighted by molar-refractivity contribution is 5.28. The molecule has 3 rings (SSSR count). The molecule has 1 nitrogen and oxygen atoms in total. The average molecular weight is 244 g/mol. The van der Waals surface area contributed by atoms with Crippen LogP contribution in [0.2, 0.25) is 0 Å². The zero-order chi connectivity index (χ0) is 12.5. The number of hydrogen-bond acceptors (Lipinski definition) is 1. The topological polar surface area (TPSA) is 20.2 Å². The molecule has 0 heterocycles. The molecule has 0 saturated heterocycles. The van der Waals surface area contributed by atoms with Crippen LogP contribution < -0.4 is 0 Å². The lowest BCUT2D eigenvalue weighted by atomic mass is 9.79. The summed E-state index contributed by atoms with van der Waals surface area (Å²) >= 11 is 0. The highest BCUT2D eigenvalue weighted by Crippen LogP contribution is 2.40. The first-order valence-electron chi connectivity index (χ1n) is 7.52. The van der Waals surface area contributed by atoms with Crippen LogP contribution >= 0.6 is 0 Å². The van der Waals surface area contributed by atoms with Gasteiger partial charge >= 0.3 is 0 Å². The van der Waals surface area contributed by atoms with Gasteiger partial charge in [0.25, 0.3) is 0 Å². The van der Waals surface area contributed by atoms with E-state index in [0.717, 1.165) is 17.4 Å². The fourth-order valence-electron chi connectivity index (χ4n) is 3.52. The Morgan fingerprint density at radius 1 is 1.06 bits per heavy atom. The van der Waals surface area contributed by atoms with E-state index in [4.69, 9.17) is 0 Å². The number of hydrogen-bond donors (Lipinski definition) is 1. The average Bonchev–Trinajstić information content (AvgIpc) is 2.74. The maximum absolute atomic E-state index is 10.4. The van der Waals surface area contributed by atoms with Crippen LogP contribution in [0.1, 0.15) is 68.6 Å². The molecule has 0 aromatic heterocycles. The van der Waals surface area contributed by atoms with Gasteiger partial charge in [-0.2, -0.15) is 0 Å². The van der Waals surface area contributed by atoms with Gasteiger partial charge in [0.05, 0.1) is 6.10 Å². The molecule has 2 saturated carbocycles. The summed E-state index contributed by atoms with van der Waals surface area (Å²) in [6.07, 6.45) is 7.49. The number of aliphatic hydroxyl groups excluding tert-OH is 1. The monoisotopic (exact) mass is 244 g/mol. The molecule has 0 radical (unpaired) electrons. The van der Waals surface area contributed by atoms with Crippen LogP contribution in [0.5, 0.6) is 0 Å². The molecule has 18 heavy (non-hydrogen) atoms. The molecule has 3 unspecified atom stereocenters. The molecular formula is C17H24O. The maximum atomic E-state index is 10.4. The van der Waals surface area contributed by atoms with E-state index in [1.807, 2.05) is 0 Å². The van der Waals surface area contributed by atoms with Gasteiger partial charge in [0.2, 0.25) is 0 Å². The van der Waals surface area contributed by atoms with Crippen molar-refractivity contribution < 1.29 is 5.11 Å². The fraction of sp³-hybridized carbons (Fsp3) is 0.647. The number of benzene rings is 1. The zero-order valence-electron chi connectivity index (χ0n) is 11.3. The molecule has 2 fully saturated rings. The summed E-state index contributed by atoms with van der Waals surface area (Å²) in [6, 6.07) is 8.78. The Bertz CT molecular complexity index is 391. The Morgan fingerprint density at radius 2 is 1.78 bits per heavy atom. The largest absolute Gasteiger partial charge is 0.388 e. The Kier molecular flexibility index (Phi) is 3.43.